The van der Waals surface area contributed by atoms with Gasteiger partial charge in [-0.05, 0) is 25.8 Å². The molecule has 1 amide bonds. The van der Waals surface area contributed by atoms with Gasteiger partial charge in [-0.3, -0.25) is 4.79 Å². The second-order valence-electron chi connectivity index (χ2n) is 5.35. The normalized spacial score (nSPS) is 12.7. The van der Waals surface area contributed by atoms with E-state index < -0.39 is 33.5 Å². The first kappa shape index (κ1) is 18.2. The number of nitrogens with one attached hydrogen (secondary N) is 1. The third-order valence-electron chi connectivity index (χ3n) is 3.00. The van der Waals surface area contributed by atoms with Gasteiger partial charge in [-0.1, -0.05) is 36.2 Å². The number of carbonyl (C=O) groups is 2. The van der Waals surface area contributed by atoms with Crippen LogP contribution >= 0.6 is 0 Å². The lowest BCUT2D eigenvalue weighted by Crippen LogP contribution is -2.37. The van der Waals surface area contributed by atoms with Gasteiger partial charge in [-0.2, -0.15) is 0 Å². The number of hydrogen-bond donors (Lipinski definition) is 2. The molecule has 1 rings (SSSR count). The van der Waals surface area contributed by atoms with Gasteiger partial charge in [0.1, 0.15) is 5.75 Å². The molecule has 0 saturated carbocycles. The van der Waals surface area contributed by atoms with Gasteiger partial charge in [0.05, 0.1) is 5.75 Å². The fraction of sp³-hybridized carbons (Fsp3) is 0.467. The lowest BCUT2D eigenvalue weighted by Gasteiger charge is -2.16. The van der Waals surface area contributed by atoms with Crippen LogP contribution in [0.5, 0.6) is 0 Å². The summed E-state index contributed by atoms with van der Waals surface area (Å²) in [5.41, 5.74) is 2.16. The van der Waals surface area contributed by atoms with Gasteiger partial charge in [0.25, 0.3) is 0 Å². The van der Waals surface area contributed by atoms with E-state index in [1.807, 2.05) is 19.9 Å². The summed E-state index contributed by atoms with van der Waals surface area (Å²) < 4.78 is 23.3. The number of amides is 1. The topological polar surface area (TPSA) is 101 Å². The van der Waals surface area contributed by atoms with Gasteiger partial charge in [0, 0.05) is 0 Å². The Hall–Kier alpha value is -1.89. The molecule has 1 aromatic rings. The zero-order chi connectivity index (χ0) is 16.9. The highest BCUT2D eigenvalue weighted by atomic mass is 32.2. The minimum atomic E-state index is -3.51. The van der Waals surface area contributed by atoms with Crippen molar-refractivity contribution in [2.45, 2.75) is 33.2 Å². The Balaban J connectivity index is 2.94. The molecule has 1 unspecified atom stereocenters. The van der Waals surface area contributed by atoms with E-state index in [9.17, 15) is 23.1 Å². The highest BCUT2D eigenvalue weighted by Gasteiger charge is 2.25. The van der Waals surface area contributed by atoms with Gasteiger partial charge < -0.3 is 10.4 Å². The summed E-state index contributed by atoms with van der Waals surface area (Å²) in [6, 6.07) is 3.94. The van der Waals surface area contributed by atoms with Crippen LogP contribution in [0.15, 0.2) is 18.2 Å². The largest absolute Gasteiger partial charge is 0.479 e. The summed E-state index contributed by atoms with van der Waals surface area (Å²) in [4.78, 5) is 23.2. The minimum Gasteiger partial charge on any atom is -0.479 e. The van der Waals surface area contributed by atoms with Crippen LogP contribution in [0.25, 0.3) is 0 Å². The molecule has 6 nitrogen and oxygen atoms in total. The lowest BCUT2D eigenvalue weighted by molar-refractivity contribution is -0.141. The maximum absolute atomic E-state index is 11.8. The van der Waals surface area contributed by atoms with E-state index in [2.05, 4.69) is 5.32 Å². The van der Waals surface area contributed by atoms with Gasteiger partial charge in [0.2, 0.25) is 5.91 Å². The molecule has 0 saturated heterocycles. The number of carboxylic acid groups (broad SMARTS) is 1. The third-order valence-corrected chi connectivity index (χ3v) is 4.73. The smallest absolute Gasteiger partial charge is 0.330 e. The molecular formula is C15H21NO5S. The molecule has 122 valence electrons. The molecule has 0 aliphatic rings. The second-order valence-corrected chi connectivity index (χ2v) is 7.54. The molecular weight excluding hydrogens is 306 g/mol. The molecule has 22 heavy (non-hydrogen) atoms. The molecule has 0 fully saturated rings. The van der Waals surface area contributed by atoms with E-state index in [4.69, 9.17) is 0 Å². The second kappa shape index (κ2) is 7.40. The first-order valence-electron chi connectivity index (χ1n) is 6.95. The first-order chi connectivity index (χ1) is 10.1. The Kier molecular flexibility index (Phi) is 6.11. The minimum absolute atomic E-state index is 0.0955. The van der Waals surface area contributed by atoms with Crippen LogP contribution in [-0.2, 0) is 19.4 Å². The molecule has 0 spiro atoms. The summed E-state index contributed by atoms with van der Waals surface area (Å²) in [5.74, 6) is -2.83. The van der Waals surface area contributed by atoms with Crippen molar-refractivity contribution >= 4 is 21.7 Å². The van der Waals surface area contributed by atoms with Crippen molar-refractivity contribution in [1.29, 1.82) is 0 Å². The van der Waals surface area contributed by atoms with E-state index in [0.717, 1.165) is 11.1 Å². The van der Waals surface area contributed by atoms with Crippen LogP contribution in [0.4, 0.5) is 0 Å². The maximum atomic E-state index is 11.8. The summed E-state index contributed by atoms with van der Waals surface area (Å²) in [7, 11) is -3.51. The van der Waals surface area contributed by atoms with Crippen molar-refractivity contribution in [3.63, 3.8) is 0 Å². The van der Waals surface area contributed by atoms with E-state index in [1.54, 1.807) is 19.1 Å². The summed E-state index contributed by atoms with van der Waals surface area (Å²) >= 11 is 0. The van der Waals surface area contributed by atoms with Crippen molar-refractivity contribution in [2.75, 3.05) is 11.5 Å². The number of sulfone groups is 1. The van der Waals surface area contributed by atoms with Gasteiger partial charge in [-0.25, -0.2) is 13.2 Å². The average Bonchev–Trinajstić information content (AvgIpc) is 2.33. The first-order valence-corrected chi connectivity index (χ1v) is 8.77. The van der Waals surface area contributed by atoms with E-state index in [-0.39, 0.29) is 5.75 Å². The molecule has 0 aromatic heterocycles. The van der Waals surface area contributed by atoms with Crippen molar-refractivity contribution in [3.05, 3.63) is 34.9 Å². The Morgan fingerprint density at radius 2 is 1.73 bits per heavy atom. The van der Waals surface area contributed by atoms with Crippen LogP contribution in [0.1, 0.15) is 36.1 Å². The predicted octanol–water partition coefficient (Wildman–Crippen LogP) is 1.37. The third kappa shape index (κ3) is 5.48. The highest BCUT2D eigenvalue weighted by Crippen LogP contribution is 2.17. The van der Waals surface area contributed by atoms with E-state index >= 15 is 0 Å². The number of aryl methyl sites for hydroxylation is 2. The van der Waals surface area contributed by atoms with Crippen LogP contribution in [0, 0.1) is 13.8 Å². The molecule has 1 aromatic carbocycles. The molecule has 7 heteroatoms. The van der Waals surface area contributed by atoms with Crippen molar-refractivity contribution in [1.82, 2.24) is 5.32 Å². The molecule has 0 bridgehead atoms. The Labute approximate surface area is 130 Å². The average molecular weight is 327 g/mol. The van der Waals surface area contributed by atoms with E-state index in [0.29, 0.717) is 12.0 Å². The number of aliphatic carboxylic acids is 1. The monoisotopic (exact) mass is 327 g/mol. The number of rotatable bonds is 7. The predicted molar refractivity (Wildman–Crippen MR) is 83.4 cm³/mol. The molecule has 0 heterocycles. The van der Waals surface area contributed by atoms with Crippen LogP contribution < -0.4 is 5.32 Å². The van der Waals surface area contributed by atoms with Gasteiger partial charge in [0.15, 0.2) is 15.9 Å². The fourth-order valence-electron chi connectivity index (χ4n) is 2.25. The summed E-state index contributed by atoms with van der Waals surface area (Å²) in [6.45, 7) is 5.34. The molecule has 2 N–H and O–H groups in total. The molecule has 0 aliphatic carbocycles. The van der Waals surface area contributed by atoms with Crippen molar-refractivity contribution in [2.24, 2.45) is 0 Å². The van der Waals surface area contributed by atoms with Crippen LogP contribution in [-0.4, -0.2) is 36.9 Å². The number of benzene rings is 1. The number of carboxylic acids is 1. The Morgan fingerprint density at radius 3 is 2.18 bits per heavy atom. The zero-order valence-electron chi connectivity index (χ0n) is 12.9. The lowest BCUT2D eigenvalue weighted by atomic mass is 10.0. The number of carbonyl (C=O) groups excluding carboxylic acids is 1. The molecule has 0 radical (unpaired) electrons. The van der Waals surface area contributed by atoms with Gasteiger partial charge in [-0.15, -0.1) is 0 Å². The number of hydrogen-bond acceptors (Lipinski definition) is 4. The van der Waals surface area contributed by atoms with Gasteiger partial charge >= 0.3 is 5.97 Å². The van der Waals surface area contributed by atoms with Crippen molar-refractivity contribution in [3.8, 4) is 0 Å². The maximum Gasteiger partial charge on any atom is 0.330 e. The quantitative estimate of drug-likeness (QED) is 0.788. The highest BCUT2D eigenvalue weighted by molar-refractivity contribution is 7.92. The molecule has 0 aliphatic heterocycles. The van der Waals surface area contributed by atoms with Crippen LogP contribution in [0.2, 0.25) is 0 Å². The van der Waals surface area contributed by atoms with E-state index in [1.165, 1.54) is 0 Å². The SMILES string of the molecule is CCCS(=O)(=O)CC(=O)NC(C(=O)O)c1cc(C)cc(C)c1. The van der Waals surface area contributed by atoms with Crippen LogP contribution in [0.3, 0.4) is 0 Å². The van der Waals surface area contributed by atoms with Crippen molar-refractivity contribution < 1.29 is 23.1 Å². The Morgan fingerprint density at radius 1 is 1.18 bits per heavy atom. The summed E-state index contributed by atoms with van der Waals surface area (Å²) in [5, 5.41) is 11.6. The standard InChI is InChI=1S/C15H21NO5S/c1-4-5-22(20,21)9-13(17)16-14(15(18)19)12-7-10(2)6-11(3)8-12/h6-8,14H,4-5,9H2,1-3H3,(H,16,17)(H,18,19). The fourth-order valence-corrected chi connectivity index (χ4v) is 3.50. The zero-order valence-corrected chi connectivity index (χ0v) is 13.7. The summed E-state index contributed by atoms with van der Waals surface area (Å²) in [6.07, 6.45) is 0.412. The molecule has 1 atom stereocenters. The Bertz CT molecular complexity index is 646.